The molecular weight excluding hydrogens is 452 g/mol. The van der Waals surface area contributed by atoms with Crippen molar-refractivity contribution in [1.82, 2.24) is 15.1 Å². The van der Waals surface area contributed by atoms with Gasteiger partial charge in [-0.3, -0.25) is 14.6 Å². The Morgan fingerprint density at radius 1 is 1.09 bits per heavy atom. The van der Waals surface area contributed by atoms with E-state index >= 15 is 0 Å². The summed E-state index contributed by atoms with van der Waals surface area (Å²) in [4.78, 5) is 31.5. The lowest BCUT2D eigenvalue weighted by Gasteiger charge is -2.19. The first-order valence-electron chi connectivity index (χ1n) is 10.0. The number of nitrogens with zero attached hydrogens (tertiary/aromatic N) is 6. The molecule has 3 aromatic rings. The zero-order chi connectivity index (χ0) is 22.7. The summed E-state index contributed by atoms with van der Waals surface area (Å²) in [5.41, 5.74) is 1.92. The summed E-state index contributed by atoms with van der Waals surface area (Å²) in [6.07, 6.45) is 0. The Bertz CT molecular complexity index is 1340. The number of halogens is 1. The molecule has 3 aliphatic heterocycles. The summed E-state index contributed by atoms with van der Waals surface area (Å²) < 4.78 is 16.0. The van der Waals surface area contributed by atoms with Gasteiger partial charge in [0.05, 0.1) is 5.69 Å². The molecule has 0 radical (unpaired) electrons. The van der Waals surface area contributed by atoms with E-state index in [0.29, 0.717) is 33.6 Å². The maximum absolute atomic E-state index is 13.1. The minimum absolute atomic E-state index is 0.0176. The highest BCUT2D eigenvalue weighted by atomic mass is 35.5. The third-order valence-electron chi connectivity index (χ3n) is 5.67. The van der Waals surface area contributed by atoms with E-state index in [2.05, 4.69) is 20.5 Å². The number of benzene rings is 2. The van der Waals surface area contributed by atoms with Gasteiger partial charge in [-0.05, 0) is 42.8 Å². The van der Waals surface area contributed by atoms with Crippen molar-refractivity contribution in [3.05, 3.63) is 52.9 Å². The first kappa shape index (κ1) is 19.7. The third-order valence-corrected chi connectivity index (χ3v) is 6.07. The smallest absolute Gasteiger partial charge is 0.263 e. The van der Waals surface area contributed by atoms with Crippen LogP contribution in [0.2, 0.25) is 5.02 Å². The molecule has 2 aromatic carbocycles. The third kappa shape index (κ3) is 3.11. The van der Waals surface area contributed by atoms with Gasteiger partial charge in [0.2, 0.25) is 18.5 Å². The van der Waals surface area contributed by atoms with Gasteiger partial charge >= 0.3 is 0 Å². The predicted octanol–water partition coefficient (Wildman–Crippen LogP) is 2.92. The minimum Gasteiger partial charge on any atom is -0.454 e. The highest BCUT2D eigenvalue weighted by Gasteiger charge is 2.55. The van der Waals surface area contributed by atoms with Gasteiger partial charge in [0.1, 0.15) is 6.54 Å². The fourth-order valence-electron chi connectivity index (χ4n) is 3.94. The summed E-state index contributed by atoms with van der Waals surface area (Å²) in [6.45, 7) is 2.02. The molecule has 2 atom stereocenters. The number of rotatable bonds is 4. The molecule has 33 heavy (non-hydrogen) atoms. The Kier molecular flexibility index (Phi) is 4.34. The zero-order valence-corrected chi connectivity index (χ0v) is 17.9. The molecule has 12 heteroatoms. The molecule has 6 rings (SSSR count). The van der Waals surface area contributed by atoms with Crippen molar-refractivity contribution >= 4 is 29.1 Å². The zero-order valence-electron chi connectivity index (χ0n) is 17.1. The van der Waals surface area contributed by atoms with Gasteiger partial charge in [-0.1, -0.05) is 28.0 Å². The number of fused-ring (bicyclic) bond motifs is 2. The van der Waals surface area contributed by atoms with Crippen LogP contribution < -0.4 is 14.4 Å². The van der Waals surface area contributed by atoms with Crippen LogP contribution in [-0.2, 0) is 16.1 Å². The van der Waals surface area contributed by atoms with Gasteiger partial charge < -0.3 is 14.0 Å². The van der Waals surface area contributed by atoms with Crippen molar-refractivity contribution in [2.45, 2.75) is 25.6 Å². The van der Waals surface area contributed by atoms with Crippen LogP contribution in [-0.4, -0.2) is 45.8 Å². The second kappa shape index (κ2) is 7.27. The van der Waals surface area contributed by atoms with Crippen molar-refractivity contribution in [1.29, 1.82) is 0 Å². The quantitative estimate of drug-likeness (QED) is 0.538. The number of hydrogen-bond donors (Lipinski definition) is 0. The van der Waals surface area contributed by atoms with Crippen LogP contribution in [0.4, 0.5) is 5.69 Å². The topological polar surface area (TPSA) is 123 Å². The molecule has 2 amide bonds. The van der Waals surface area contributed by atoms with Crippen molar-refractivity contribution in [2.75, 3.05) is 11.7 Å². The average Bonchev–Trinajstić information content (AvgIpc) is 3.57. The number of aromatic nitrogens is 2. The molecule has 4 heterocycles. The molecule has 0 saturated carbocycles. The maximum Gasteiger partial charge on any atom is 0.263 e. The van der Waals surface area contributed by atoms with E-state index in [1.807, 2.05) is 6.92 Å². The van der Waals surface area contributed by atoms with Crippen LogP contribution in [0.5, 0.6) is 11.5 Å². The van der Waals surface area contributed by atoms with E-state index in [-0.39, 0.29) is 19.2 Å². The van der Waals surface area contributed by atoms with Crippen molar-refractivity contribution in [2.24, 2.45) is 10.3 Å². The van der Waals surface area contributed by atoms with E-state index in [9.17, 15) is 9.59 Å². The summed E-state index contributed by atoms with van der Waals surface area (Å²) in [6, 6.07) is 8.50. The second-order valence-corrected chi connectivity index (χ2v) is 8.12. The molecule has 1 fully saturated rings. The van der Waals surface area contributed by atoms with Gasteiger partial charge in [-0.25, -0.2) is 4.90 Å². The summed E-state index contributed by atoms with van der Waals surface area (Å²) >= 11 is 6.18. The van der Waals surface area contributed by atoms with Crippen molar-refractivity contribution < 1.29 is 23.6 Å². The van der Waals surface area contributed by atoms with E-state index in [1.165, 1.54) is 5.01 Å². The standard InChI is InChI=1S/C21H15ClN6O5/c1-10-2-4-12(7-13(10)22)28-20(29)17-18(21(28)30)27(26-24-17)8-16-23-19(25-33-16)11-3-5-14-15(6-11)32-9-31-14/h2-7,17-18H,8-9H2,1H3/t17-,18-/m0/s1. The Balaban J connectivity index is 1.22. The van der Waals surface area contributed by atoms with Crippen LogP contribution >= 0.6 is 11.6 Å². The van der Waals surface area contributed by atoms with Gasteiger partial charge in [-0.2, -0.15) is 10.1 Å². The van der Waals surface area contributed by atoms with Crippen LogP contribution in [0.3, 0.4) is 0 Å². The molecule has 11 nitrogen and oxygen atoms in total. The first-order valence-corrected chi connectivity index (χ1v) is 10.4. The van der Waals surface area contributed by atoms with Gasteiger partial charge in [0.15, 0.2) is 23.6 Å². The van der Waals surface area contributed by atoms with Crippen LogP contribution in [0.15, 0.2) is 51.3 Å². The molecule has 1 saturated heterocycles. The van der Waals surface area contributed by atoms with E-state index in [0.717, 1.165) is 10.5 Å². The predicted molar refractivity (Wildman–Crippen MR) is 113 cm³/mol. The Morgan fingerprint density at radius 2 is 1.94 bits per heavy atom. The average molecular weight is 467 g/mol. The number of carbonyl (C=O) groups is 2. The second-order valence-electron chi connectivity index (χ2n) is 7.72. The molecular formula is C21H15ClN6O5. The number of carbonyl (C=O) groups excluding carboxylic acids is 2. The highest BCUT2D eigenvalue weighted by Crippen LogP contribution is 2.36. The van der Waals surface area contributed by atoms with Crippen LogP contribution in [0.25, 0.3) is 11.4 Å². The molecule has 166 valence electrons. The van der Waals surface area contributed by atoms with Crippen LogP contribution in [0, 0.1) is 6.92 Å². The Morgan fingerprint density at radius 3 is 2.79 bits per heavy atom. The first-order chi connectivity index (χ1) is 16.0. The number of hydrogen-bond acceptors (Lipinski definition) is 10. The van der Waals surface area contributed by atoms with Gasteiger partial charge in [0.25, 0.3) is 11.8 Å². The number of anilines is 1. The normalized spacial score (nSPS) is 20.8. The van der Waals surface area contributed by atoms with Gasteiger partial charge in [0, 0.05) is 10.6 Å². The molecule has 0 aliphatic carbocycles. The molecule has 0 spiro atoms. The fraction of sp³-hybridized carbons (Fsp3) is 0.238. The lowest BCUT2D eigenvalue weighted by molar-refractivity contribution is -0.123. The molecule has 3 aliphatic rings. The highest BCUT2D eigenvalue weighted by molar-refractivity contribution is 6.32. The Labute approximate surface area is 191 Å². The summed E-state index contributed by atoms with van der Waals surface area (Å²) in [5, 5.41) is 13.9. The summed E-state index contributed by atoms with van der Waals surface area (Å²) in [7, 11) is 0. The molecule has 0 bridgehead atoms. The van der Waals surface area contributed by atoms with E-state index < -0.39 is 23.9 Å². The summed E-state index contributed by atoms with van der Waals surface area (Å²) in [5.74, 6) is 0.921. The lowest BCUT2D eigenvalue weighted by Crippen LogP contribution is -2.39. The maximum atomic E-state index is 13.1. The van der Waals surface area contributed by atoms with Crippen molar-refractivity contribution in [3.63, 3.8) is 0 Å². The minimum atomic E-state index is -0.936. The number of imide groups is 1. The Hall–Kier alpha value is -3.99. The molecule has 0 N–H and O–H groups in total. The SMILES string of the molecule is Cc1ccc(N2C(=O)[C@H]3N=NN(Cc4nc(-c5ccc6c(c5)OCO6)no4)[C@@H]3C2=O)cc1Cl. The van der Waals surface area contributed by atoms with Crippen molar-refractivity contribution in [3.8, 4) is 22.9 Å². The van der Waals surface area contributed by atoms with E-state index in [4.69, 9.17) is 25.6 Å². The fourth-order valence-corrected chi connectivity index (χ4v) is 4.11. The number of amides is 2. The molecule has 0 unspecified atom stereocenters. The number of ether oxygens (including phenoxy) is 2. The monoisotopic (exact) mass is 466 g/mol. The number of aryl methyl sites for hydroxylation is 1. The lowest BCUT2D eigenvalue weighted by atomic mass is 10.1. The largest absolute Gasteiger partial charge is 0.454 e. The van der Waals surface area contributed by atoms with Gasteiger partial charge in [-0.15, -0.1) is 0 Å². The molecule has 1 aromatic heterocycles. The van der Waals surface area contributed by atoms with E-state index in [1.54, 1.807) is 36.4 Å². The van der Waals surface area contributed by atoms with Crippen LogP contribution in [0.1, 0.15) is 11.5 Å².